The molecular formula is C14H19N3OS. The van der Waals surface area contributed by atoms with E-state index in [0.717, 1.165) is 23.4 Å². The fraction of sp³-hybridized carbons (Fsp3) is 0.571. The van der Waals surface area contributed by atoms with Crippen molar-refractivity contribution in [3.63, 3.8) is 0 Å². The predicted molar refractivity (Wildman–Crippen MR) is 78.4 cm³/mol. The monoisotopic (exact) mass is 277 g/mol. The fourth-order valence-corrected chi connectivity index (χ4v) is 3.88. The van der Waals surface area contributed by atoms with Gasteiger partial charge in [0.05, 0.1) is 6.61 Å². The number of aliphatic hydroxyl groups is 1. The largest absolute Gasteiger partial charge is 0.395 e. The maximum Gasteiger partial charge on any atom is 0.160 e. The number of aromatic nitrogens is 3. The standard InChI is InChI=1S/C14H19N3OS/c18-7-6-17-13(9-11-3-2-8-19-10-11)16-12-4-1-5-15-14(12)17/h1,4-5,11,18H,2-3,6-10H2. The minimum absolute atomic E-state index is 0.133. The minimum Gasteiger partial charge on any atom is -0.395 e. The van der Waals surface area contributed by atoms with Gasteiger partial charge in [-0.15, -0.1) is 0 Å². The maximum atomic E-state index is 9.25. The highest BCUT2D eigenvalue weighted by atomic mass is 32.2. The lowest BCUT2D eigenvalue weighted by molar-refractivity contribution is 0.275. The summed E-state index contributed by atoms with van der Waals surface area (Å²) in [6, 6.07) is 3.91. The van der Waals surface area contributed by atoms with Crippen LogP contribution in [0.1, 0.15) is 18.7 Å². The average Bonchev–Trinajstić information content (AvgIpc) is 2.79. The quantitative estimate of drug-likeness (QED) is 0.930. The van der Waals surface area contributed by atoms with E-state index in [-0.39, 0.29) is 6.61 Å². The normalized spacial score (nSPS) is 19.9. The van der Waals surface area contributed by atoms with Crippen molar-refractivity contribution in [1.82, 2.24) is 14.5 Å². The Morgan fingerprint density at radius 2 is 2.42 bits per heavy atom. The van der Waals surface area contributed by atoms with E-state index < -0.39 is 0 Å². The third-order valence-corrected chi connectivity index (χ3v) is 4.92. The summed E-state index contributed by atoms with van der Waals surface area (Å²) in [5.74, 6) is 4.32. The molecule has 1 fully saturated rings. The lowest BCUT2D eigenvalue weighted by atomic mass is 10.0. The Morgan fingerprint density at radius 3 is 3.21 bits per heavy atom. The number of hydrogen-bond donors (Lipinski definition) is 1. The molecule has 0 amide bonds. The van der Waals surface area contributed by atoms with Gasteiger partial charge in [0.1, 0.15) is 11.3 Å². The molecule has 102 valence electrons. The zero-order valence-electron chi connectivity index (χ0n) is 11.0. The lowest BCUT2D eigenvalue weighted by Crippen LogP contribution is -2.17. The van der Waals surface area contributed by atoms with Crippen LogP contribution in [0.15, 0.2) is 18.3 Å². The first-order chi connectivity index (χ1) is 9.38. The van der Waals surface area contributed by atoms with Crippen LogP contribution in [0.5, 0.6) is 0 Å². The SMILES string of the molecule is OCCn1c(CC2CCCSC2)nc2cccnc21. The van der Waals surface area contributed by atoms with E-state index in [2.05, 4.69) is 9.55 Å². The molecule has 2 aromatic rings. The van der Waals surface area contributed by atoms with Crippen molar-refractivity contribution < 1.29 is 5.11 Å². The van der Waals surface area contributed by atoms with Crippen LogP contribution in [-0.2, 0) is 13.0 Å². The van der Waals surface area contributed by atoms with Gasteiger partial charge in [0.2, 0.25) is 0 Å². The van der Waals surface area contributed by atoms with Gasteiger partial charge in [-0.3, -0.25) is 0 Å². The van der Waals surface area contributed by atoms with Crippen LogP contribution in [0.25, 0.3) is 11.2 Å². The Hall–Kier alpha value is -1.07. The van der Waals surface area contributed by atoms with Crippen LogP contribution in [0.3, 0.4) is 0 Å². The topological polar surface area (TPSA) is 50.9 Å². The van der Waals surface area contributed by atoms with Crippen LogP contribution in [0, 0.1) is 5.92 Å². The van der Waals surface area contributed by atoms with Crippen molar-refractivity contribution in [2.45, 2.75) is 25.8 Å². The first kappa shape index (κ1) is 12.9. The molecule has 1 saturated heterocycles. The van der Waals surface area contributed by atoms with E-state index in [4.69, 9.17) is 4.98 Å². The van der Waals surface area contributed by atoms with E-state index >= 15 is 0 Å². The summed E-state index contributed by atoms with van der Waals surface area (Å²) >= 11 is 2.05. The molecule has 4 nitrogen and oxygen atoms in total. The molecular weight excluding hydrogens is 258 g/mol. The zero-order valence-corrected chi connectivity index (χ0v) is 11.8. The summed E-state index contributed by atoms with van der Waals surface area (Å²) < 4.78 is 2.08. The molecule has 3 heterocycles. The number of hydrogen-bond acceptors (Lipinski definition) is 4. The van der Waals surface area contributed by atoms with E-state index in [9.17, 15) is 5.11 Å². The van der Waals surface area contributed by atoms with Crippen molar-refractivity contribution >= 4 is 22.9 Å². The van der Waals surface area contributed by atoms with Crippen LogP contribution >= 0.6 is 11.8 Å². The number of aliphatic hydroxyl groups excluding tert-OH is 1. The fourth-order valence-electron chi connectivity index (χ4n) is 2.72. The summed E-state index contributed by atoms with van der Waals surface area (Å²) in [6.45, 7) is 0.719. The van der Waals surface area contributed by atoms with Gasteiger partial charge >= 0.3 is 0 Å². The molecule has 0 aromatic carbocycles. The van der Waals surface area contributed by atoms with Crippen molar-refractivity contribution in [1.29, 1.82) is 0 Å². The smallest absolute Gasteiger partial charge is 0.160 e. The molecule has 0 saturated carbocycles. The number of fused-ring (bicyclic) bond motifs is 1. The van der Waals surface area contributed by atoms with Gasteiger partial charge in [0.25, 0.3) is 0 Å². The molecule has 0 aliphatic carbocycles. The molecule has 1 N–H and O–H groups in total. The lowest BCUT2D eigenvalue weighted by Gasteiger charge is -2.21. The zero-order chi connectivity index (χ0) is 13.1. The van der Waals surface area contributed by atoms with E-state index in [1.807, 2.05) is 23.9 Å². The van der Waals surface area contributed by atoms with Crippen molar-refractivity contribution in [2.24, 2.45) is 5.92 Å². The van der Waals surface area contributed by atoms with Crippen molar-refractivity contribution in [3.8, 4) is 0 Å². The number of rotatable bonds is 4. The van der Waals surface area contributed by atoms with Crippen LogP contribution in [0.2, 0.25) is 0 Å². The second-order valence-corrected chi connectivity index (χ2v) is 6.19. The minimum atomic E-state index is 0.133. The third kappa shape index (κ3) is 2.77. The molecule has 3 rings (SSSR count). The third-order valence-electron chi connectivity index (χ3n) is 3.63. The molecule has 1 aliphatic heterocycles. The summed E-state index contributed by atoms with van der Waals surface area (Å²) in [7, 11) is 0. The van der Waals surface area contributed by atoms with Gasteiger partial charge in [0.15, 0.2) is 5.65 Å². The van der Waals surface area contributed by atoms with Crippen LogP contribution < -0.4 is 0 Å². The van der Waals surface area contributed by atoms with Crippen molar-refractivity contribution in [3.05, 3.63) is 24.2 Å². The molecule has 1 atom stereocenters. The van der Waals surface area contributed by atoms with Gasteiger partial charge in [-0.25, -0.2) is 9.97 Å². The van der Waals surface area contributed by atoms with Crippen LogP contribution in [0.4, 0.5) is 0 Å². The molecule has 1 unspecified atom stereocenters. The Kier molecular flexibility index (Phi) is 4.03. The van der Waals surface area contributed by atoms with E-state index in [1.54, 1.807) is 6.20 Å². The van der Waals surface area contributed by atoms with Crippen LogP contribution in [-0.4, -0.2) is 37.8 Å². The Morgan fingerprint density at radius 1 is 1.47 bits per heavy atom. The molecule has 0 bridgehead atoms. The second-order valence-electron chi connectivity index (χ2n) is 5.04. The van der Waals surface area contributed by atoms with Gasteiger partial charge in [-0.2, -0.15) is 11.8 Å². The van der Waals surface area contributed by atoms with Gasteiger partial charge in [-0.05, 0) is 42.4 Å². The molecule has 0 spiro atoms. The van der Waals surface area contributed by atoms with Crippen molar-refractivity contribution in [2.75, 3.05) is 18.1 Å². The molecule has 0 radical (unpaired) electrons. The van der Waals surface area contributed by atoms with E-state index in [1.165, 1.54) is 24.3 Å². The second kappa shape index (κ2) is 5.92. The highest BCUT2D eigenvalue weighted by Gasteiger charge is 2.19. The molecule has 2 aromatic heterocycles. The highest BCUT2D eigenvalue weighted by molar-refractivity contribution is 7.99. The number of imidazole rings is 1. The first-order valence-corrected chi connectivity index (χ1v) is 8.02. The Labute approximate surface area is 117 Å². The predicted octanol–water partition coefficient (Wildman–Crippen LogP) is 2.11. The maximum absolute atomic E-state index is 9.25. The Bertz CT molecular complexity index is 549. The summed E-state index contributed by atoms with van der Waals surface area (Å²) in [6.07, 6.45) is 5.40. The molecule has 19 heavy (non-hydrogen) atoms. The highest BCUT2D eigenvalue weighted by Crippen LogP contribution is 2.26. The Balaban J connectivity index is 1.90. The average molecular weight is 277 g/mol. The summed E-state index contributed by atoms with van der Waals surface area (Å²) in [5, 5.41) is 9.25. The molecule has 1 aliphatic rings. The first-order valence-electron chi connectivity index (χ1n) is 6.87. The molecule has 5 heteroatoms. The summed E-state index contributed by atoms with van der Waals surface area (Å²) in [4.78, 5) is 9.10. The summed E-state index contributed by atoms with van der Waals surface area (Å²) in [5.41, 5.74) is 1.84. The van der Waals surface area contributed by atoms with Gasteiger partial charge in [0, 0.05) is 19.2 Å². The number of pyridine rings is 1. The van der Waals surface area contributed by atoms with Gasteiger partial charge < -0.3 is 9.67 Å². The van der Waals surface area contributed by atoms with Gasteiger partial charge in [-0.1, -0.05) is 0 Å². The number of thioether (sulfide) groups is 1. The van der Waals surface area contributed by atoms with E-state index in [0.29, 0.717) is 12.5 Å². The number of nitrogens with zero attached hydrogens (tertiary/aromatic N) is 3.